The van der Waals surface area contributed by atoms with Crippen molar-refractivity contribution in [2.24, 2.45) is 5.41 Å². The third-order valence-corrected chi connectivity index (χ3v) is 17.1. The molecule has 1 fully saturated rings. The van der Waals surface area contributed by atoms with Crippen LogP contribution >= 0.6 is 23.4 Å². The van der Waals surface area contributed by atoms with Crippen LogP contribution in [-0.4, -0.2) is 114 Å². The van der Waals surface area contributed by atoms with E-state index in [0.29, 0.717) is 42.8 Å². The maximum atomic E-state index is 14.3. The van der Waals surface area contributed by atoms with Crippen LogP contribution in [0.15, 0.2) is 117 Å². The Bertz CT molecular complexity index is 2660. The van der Waals surface area contributed by atoms with Crippen LogP contribution in [0.5, 0.6) is 0 Å². The molecule has 1 unspecified atom stereocenters. The Hall–Kier alpha value is -4.59. The van der Waals surface area contributed by atoms with Gasteiger partial charge in [0.05, 0.1) is 10.6 Å². The molecule has 1 aliphatic carbocycles. The second-order valence-corrected chi connectivity index (χ2v) is 24.0. The number of carbonyl (C=O) groups is 2. The normalized spacial score (nSPS) is 16.3. The van der Waals surface area contributed by atoms with E-state index >= 15 is 0 Å². The van der Waals surface area contributed by atoms with Crippen molar-refractivity contribution in [3.8, 4) is 0 Å². The summed E-state index contributed by atoms with van der Waals surface area (Å²) in [5, 5.41) is 12.6. The second-order valence-electron chi connectivity index (χ2n) is 18.9. The second kappa shape index (κ2) is 24.2. The SMILES string of the molecule is CN(CCCCCCC(=O)O)CCC(CSc1ccccc1)Nc1ccc(S(=O)(=O)NC(=O)c2ccc(N3CCN(CC4=C(c5ccc(Cl)cc5)CCC(C)(C)C4)CC3)cc2)cc1S(=O)(=O)C(F)(F)F. The highest BCUT2D eigenvalue weighted by atomic mass is 35.5. The number of hydrogen-bond acceptors (Lipinski definition) is 11. The van der Waals surface area contributed by atoms with Gasteiger partial charge in [-0.15, -0.1) is 11.8 Å². The third kappa shape index (κ3) is 15.5. The summed E-state index contributed by atoms with van der Waals surface area (Å²) in [6.07, 6.45) is 6.60. The molecule has 4 aromatic rings. The Morgan fingerprint density at radius 2 is 1.54 bits per heavy atom. The molecular formula is C51H63ClF3N5O7S3. The zero-order valence-electron chi connectivity index (χ0n) is 39.8. The number of piperazine rings is 1. The van der Waals surface area contributed by atoms with Crippen LogP contribution < -0.4 is 14.9 Å². The number of unbranched alkanes of at least 4 members (excludes halogenated alkanes) is 3. The van der Waals surface area contributed by atoms with E-state index in [1.807, 2.05) is 59.1 Å². The van der Waals surface area contributed by atoms with Crippen LogP contribution in [0.2, 0.25) is 5.02 Å². The molecular weight excluding hydrogens is 983 g/mol. The number of aliphatic carboxylic acids is 1. The van der Waals surface area contributed by atoms with Crippen molar-refractivity contribution in [1.82, 2.24) is 14.5 Å². The van der Waals surface area contributed by atoms with Crippen molar-refractivity contribution in [3.63, 3.8) is 0 Å². The van der Waals surface area contributed by atoms with E-state index in [2.05, 4.69) is 41.1 Å². The molecule has 1 amide bonds. The van der Waals surface area contributed by atoms with Crippen LogP contribution in [0.3, 0.4) is 0 Å². The summed E-state index contributed by atoms with van der Waals surface area (Å²) in [4.78, 5) is 29.6. The first-order valence-corrected chi connectivity index (χ1v) is 27.8. The topological polar surface area (TPSA) is 156 Å². The van der Waals surface area contributed by atoms with Gasteiger partial charge in [0.25, 0.3) is 25.8 Å². The number of thioether (sulfide) groups is 1. The lowest BCUT2D eigenvalue weighted by Crippen LogP contribution is -2.47. The number of sulfonamides is 1. The quantitative estimate of drug-likeness (QED) is 0.0478. The van der Waals surface area contributed by atoms with Gasteiger partial charge in [-0.2, -0.15) is 13.2 Å². The van der Waals surface area contributed by atoms with E-state index in [1.54, 1.807) is 12.1 Å². The number of halogens is 4. The first-order valence-electron chi connectivity index (χ1n) is 23.5. The van der Waals surface area contributed by atoms with E-state index in [0.717, 1.165) is 94.0 Å². The fraction of sp³-hybridized carbons (Fsp3) is 0.451. The van der Waals surface area contributed by atoms with Crippen molar-refractivity contribution in [2.75, 3.05) is 68.8 Å². The number of nitrogens with one attached hydrogen (secondary N) is 2. The number of carboxylic acids is 1. The number of carboxylic acid groups (broad SMARTS) is 1. The fourth-order valence-corrected chi connectivity index (χ4v) is 12.0. The maximum Gasteiger partial charge on any atom is 0.501 e. The number of amides is 1. The molecule has 380 valence electrons. The van der Waals surface area contributed by atoms with Crippen LogP contribution in [0, 0.1) is 5.41 Å². The summed E-state index contributed by atoms with van der Waals surface area (Å²) in [7, 11) is -9.08. The Kier molecular flexibility index (Phi) is 18.9. The molecule has 4 aromatic carbocycles. The highest BCUT2D eigenvalue weighted by Crippen LogP contribution is 2.43. The number of nitrogens with zero attached hydrogens (tertiary/aromatic N) is 3. The van der Waals surface area contributed by atoms with Crippen LogP contribution in [0.25, 0.3) is 5.57 Å². The van der Waals surface area contributed by atoms with Gasteiger partial charge >= 0.3 is 11.5 Å². The van der Waals surface area contributed by atoms with E-state index in [9.17, 15) is 39.6 Å². The predicted molar refractivity (Wildman–Crippen MR) is 273 cm³/mol. The number of alkyl halides is 3. The van der Waals surface area contributed by atoms with Gasteiger partial charge < -0.3 is 20.2 Å². The van der Waals surface area contributed by atoms with Gasteiger partial charge in [0.1, 0.15) is 4.90 Å². The van der Waals surface area contributed by atoms with Gasteiger partial charge in [-0.3, -0.25) is 14.5 Å². The summed E-state index contributed by atoms with van der Waals surface area (Å²) in [5.41, 5.74) is -1.14. The minimum absolute atomic E-state index is 0.0177. The number of allylic oxidation sites excluding steroid dienone is 1. The van der Waals surface area contributed by atoms with Crippen molar-refractivity contribution in [3.05, 3.63) is 119 Å². The molecule has 6 rings (SSSR count). The molecule has 0 spiro atoms. The van der Waals surface area contributed by atoms with Gasteiger partial charge in [-0.05, 0) is 142 Å². The Morgan fingerprint density at radius 3 is 2.20 bits per heavy atom. The highest BCUT2D eigenvalue weighted by Gasteiger charge is 2.48. The van der Waals surface area contributed by atoms with Crippen LogP contribution in [0.1, 0.15) is 87.6 Å². The van der Waals surface area contributed by atoms with Gasteiger partial charge in [0.2, 0.25) is 0 Å². The first kappa shape index (κ1) is 54.7. The third-order valence-electron chi connectivity index (χ3n) is 12.8. The lowest BCUT2D eigenvalue weighted by Gasteiger charge is -2.39. The standard InChI is InChI=1S/C51H63ClF3N5O7S3/c1-50(2)26-24-45(37-14-18-40(52)19-15-37)39(34-50)35-59-29-31-60(32-30-59)42-20-16-38(17-21-42)49(63)57-70(66,67)44-22-23-46(47(33-44)69(64,65)51(53,54)55)56-41(36-68-43-11-7-6-8-12-43)25-28-58(3)27-10-5-4-9-13-48(61)62/h6-8,11-12,14-23,33,41,56H,4-5,9-10,13,24-32,34-36H2,1-3H3,(H,57,63)(H,61,62). The summed E-state index contributed by atoms with van der Waals surface area (Å²) < 4.78 is 98.2. The lowest BCUT2D eigenvalue weighted by molar-refractivity contribution is -0.137. The molecule has 2 aliphatic rings. The van der Waals surface area contributed by atoms with E-state index in [4.69, 9.17) is 16.7 Å². The monoisotopic (exact) mass is 1050 g/mol. The molecule has 1 saturated heterocycles. The summed E-state index contributed by atoms with van der Waals surface area (Å²) >= 11 is 7.61. The molecule has 0 bridgehead atoms. The minimum atomic E-state index is -6.09. The van der Waals surface area contributed by atoms with Gasteiger partial charge in [-0.1, -0.05) is 74.2 Å². The van der Waals surface area contributed by atoms with Crippen molar-refractivity contribution >= 4 is 72.0 Å². The zero-order valence-corrected chi connectivity index (χ0v) is 43.0. The molecule has 0 radical (unpaired) electrons. The van der Waals surface area contributed by atoms with E-state index < -0.39 is 58.8 Å². The van der Waals surface area contributed by atoms with Crippen LogP contribution in [0.4, 0.5) is 24.5 Å². The molecule has 70 heavy (non-hydrogen) atoms. The smallest absolute Gasteiger partial charge is 0.481 e. The Balaban J connectivity index is 1.11. The van der Waals surface area contributed by atoms with E-state index in [-0.39, 0.29) is 17.4 Å². The van der Waals surface area contributed by atoms with Gasteiger partial charge in [0.15, 0.2) is 0 Å². The molecule has 1 aliphatic heterocycles. The molecule has 3 N–H and O–H groups in total. The van der Waals surface area contributed by atoms with Crippen molar-refractivity contribution in [2.45, 2.75) is 97.9 Å². The first-order chi connectivity index (χ1) is 33.1. The molecule has 19 heteroatoms. The Morgan fingerprint density at radius 1 is 0.871 bits per heavy atom. The fourth-order valence-electron chi connectivity index (χ4n) is 8.83. The van der Waals surface area contributed by atoms with Gasteiger partial charge in [-0.25, -0.2) is 21.6 Å². The zero-order chi connectivity index (χ0) is 50.7. The number of carbonyl (C=O) groups excluding carboxylic acids is 1. The van der Waals surface area contributed by atoms with Gasteiger partial charge in [0, 0.05) is 72.1 Å². The lowest BCUT2D eigenvalue weighted by atomic mass is 9.73. The maximum absolute atomic E-state index is 14.3. The average molecular weight is 1050 g/mol. The average Bonchev–Trinajstić information content (AvgIpc) is 3.31. The van der Waals surface area contributed by atoms with Crippen molar-refractivity contribution in [1.29, 1.82) is 0 Å². The van der Waals surface area contributed by atoms with E-state index in [1.165, 1.54) is 40.6 Å². The number of sulfone groups is 1. The number of hydrogen-bond donors (Lipinski definition) is 3. The van der Waals surface area contributed by atoms with Crippen LogP contribution in [-0.2, 0) is 24.7 Å². The number of benzene rings is 4. The summed E-state index contributed by atoms with van der Waals surface area (Å²) in [6, 6.07) is 25.5. The largest absolute Gasteiger partial charge is 0.501 e. The predicted octanol–water partition coefficient (Wildman–Crippen LogP) is 10.5. The highest BCUT2D eigenvalue weighted by molar-refractivity contribution is 7.99. The summed E-state index contributed by atoms with van der Waals surface area (Å²) in [6.45, 7) is 9.73. The summed E-state index contributed by atoms with van der Waals surface area (Å²) in [5.74, 6) is -1.55. The molecule has 1 heterocycles. The Labute approximate surface area is 420 Å². The number of rotatable bonds is 23. The van der Waals surface area contributed by atoms with Crippen molar-refractivity contribution < 1.29 is 44.7 Å². The molecule has 0 aromatic heterocycles. The molecule has 1 atom stereocenters. The molecule has 0 saturated carbocycles. The number of anilines is 2. The molecule has 12 nitrogen and oxygen atoms in total. The minimum Gasteiger partial charge on any atom is -0.481 e.